The maximum atomic E-state index is 12.3. The molecule has 1 saturated heterocycles. The second kappa shape index (κ2) is 7.95. The van der Waals surface area contributed by atoms with Gasteiger partial charge in [0.25, 0.3) is 5.91 Å². The molecule has 0 bridgehead atoms. The summed E-state index contributed by atoms with van der Waals surface area (Å²) < 4.78 is 10.9. The van der Waals surface area contributed by atoms with Crippen LogP contribution >= 0.6 is 11.3 Å². The number of anilines is 1. The summed E-state index contributed by atoms with van der Waals surface area (Å²) in [6.07, 6.45) is 0.376. The van der Waals surface area contributed by atoms with Crippen LogP contribution in [0.1, 0.15) is 13.8 Å². The largest absolute Gasteiger partial charge is 0.497 e. The molecule has 3 rings (SSSR count). The predicted molar refractivity (Wildman–Crippen MR) is 98.3 cm³/mol. The summed E-state index contributed by atoms with van der Waals surface area (Å²) in [7, 11) is 1.64. The van der Waals surface area contributed by atoms with Gasteiger partial charge in [0.05, 0.1) is 12.8 Å². The molecule has 1 aromatic carbocycles. The summed E-state index contributed by atoms with van der Waals surface area (Å²) in [5, 5.41) is 5.49. The van der Waals surface area contributed by atoms with Crippen molar-refractivity contribution in [3.05, 3.63) is 29.6 Å². The standard InChI is InChI=1S/C18H23N3O3S/c1-12-8-21(9-13(2)24-12)10-17(22)20-18-19-16(11-25-18)14-4-6-15(23-3)7-5-14/h4-7,11-13H,8-10H2,1-3H3,(H,19,20,22)/p+1/t12-,13-/m0/s1. The van der Waals surface area contributed by atoms with Crippen molar-refractivity contribution in [3.63, 3.8) is 0 Å². The molecule has 2 atom stereocenters. The highest BCUT2D eigenvalue weighted by molar-refractivity contribution is 7.14. The lowest BCUT2D eigenvalue weighted by Gasteiger charge is -2.31. The van der Waals surface area contributed by atoms with E-state index in [1.54, 1.807) is 7.11 Å². The smallest absolute Gasteiger partial charge is 0.281 e. The Hall–Kier alpha value is -1.96. The summed E-state index contributed by atoms with van der Waals surface area (Å²) in [4.78, 5) is 18.1. The van der Waals surface area contributed by atoms with E-state index in [2.05, 4.69) is 24.1 Å². The van der Waals surface area contributed by atoms with Gasteiger partial charge in [0.1, 0.15) is 31.0 Å². The molecule has 134 valence electrons. The van der Waals surface area contributed by atoms with Crippen molar-refractivity contribution in [2.45, 2.75) is 26.1 Å². The minimum Gasteiger partial charge on any atom is -0.497 e. The van der Waals surface area contributed by atoms with Gasteiger partial charge in [-0.2, -0.15) is 0 Å². The Bertz CT molecular complexity index is 707. The lowest BCUT2D eigenvalue weighted by atomic mass is 10.2. The van der Waals surface area contributed by atoms with Crippen LogP contribution in [0.3, 0.4) is 0 Å². The van der Waals surface area contributed by atoms with Gasteiger partial charge in [0.2, 0.25) is 0 Å². The molecule has 1 aromatic heterocycles. The third-order valence-electron chi connectivity index (χ3n) is 4.16. The molecule has 0 spiro atoms. The molecule has 0 radical (unpaired) electrons. The van der Waals surface area contributed by atoms with Gasteiger partial charge in [-0.3, -0.25) is 10.1 Å². The average molecular weight is 362 g/mol. The van der Waals surface area contributed by atoms with Gasteiger partial charge >= 0.3 is 0 Å². The van der Waals surface area contributed by atoms with Crippen LogP contribution in [0, 0.1) is 0 Å². The summed E-state index contributed by atoms with van der Waals surface area (Å²) in [5.74, 6) is 0.802. The number of amides is 1. The topological polar surface area (TPSA) is 64.9 Å². The van der Waals surface area contributed by atoms with E-state index >= 15 is 0 Å². The number of aromatic nitrogens is 1. The first kappa shape index (κ1) is 17.8. The van der Waals surface area contributed by atoms with Crippen LogP contribution in [0.15, 0.2) is 29.6 Å². The van der Waals surface area contributed by atoms with E-state index in [0.717, 1.165) is 30.1 Å². The van der Waals surface area contributed by atoms with Crippen LogP contribution in [0.25, 0.3) is 11.3 Å². The molecule has 25 heavy (non-hydrogen) atoms. The van der Waals surface area contributed by atoms with Crippen molar-refractivity contribution >= 4 is 22.4 Å². The Balaban J connectivity index is 1.58. The number of hydrogen-bond acceptors (Lipinski definition) is 5. The van der Waals surface area contributed by atoms with Crippen molar-refractivity contribution < 1.29 is 19.2 Å². The first-order chi connectivity index (χ1) is 12.0. The molecule has 2 aromatic rings. The molecular weight excluding hydrogens is 338 g/mol. The number of quaternary nitrogens is 1. The number of benzene rings is 1. The van der Waals surface area contributed by atoms with Gasteiger partial charge in [0, 0.05) is 10.9 Å². The zero-order chi connectivity index (χ0) is 17.8. The summed E-state index contributed by atoms with van der Waals surface area (Å²) in [5.41, 5.74) is 1.85. The van der Waals surface area contributed by atoms with Gasteiger partial charge in [-0.25, -0.2) is 4.98 Å². The summed E-state index contributed by atoms with van der Waals surface area (Å²) >= 11 is 1.44. The number of carbonyl (C=O) groups excluding carboxylic acids is 1. The highest BCUT2D eigenvalue weighted by Crippen LogP contribution is 2.26. The van der Waals surface area contributed by atoms with Crippen LogP contribution in [0.5, 0.6) is 5.75 Å². The normalized spacial score (nSPS) is 23.2. The molecule has 1 aliphatic heterocycles. The monoisotopic (exact) mass is 362 g/mol. The fraction of sp³-hybridized carbons (Fsp3) is 0.444. The van der Waals surface area contributed by atoms with Crippen molar-refractivity contribution in [2.24, 2.45) is 0 Å². The number of nitrogens with one attached hydrogen (secondary N) is 2. The minimum absolute atomic E-state index is 0.00747. The number of carbonyl (C=O) groups is 1. The Morgan fingerprint density at radius 1 is 1.32 bits per heavy atom. The summed E-state index contributed by atoms with van der Waals surface area (Å²) in [6.45, 7) is 6.25. The van der Waals surface area contributed by atoms with E-state index in [4.69, 9.17) is 9.47 Å². The molecule has 1 amide bonds. The SMILES string of the molecule is COc1ccc(-c2csc(NC(=O)C[NH+]3C[C@H](C)O[C@@H](C)C3)n2)cc1. The van der Waals surface area contributed by atoms with Crippen molar-refractivity contribution in [2.75, 3.05) is 32.1 Å². The quantitative estimate of drug-likeness (QED) is 0.845. The third-order valence-corrected chi connectivity index (χ3v) is 4.92. The number of morpholine rings is 1. The minimum atomic E-state index is -0.00747. The number of rotatable bonds is 5. The first-order valence-corrected chi connectivity index (χ1v) is 9.30. The van der Waals surface area contributed by atoms with Crippen LogP contribution in [-0.2, 0) is 9.53 Å². The highest BCUT2D eigenvalue weighted by Gasteiger charge is 2.27. The second-order valence-electron chi connectivity index (χ2n) is 6.41. The molecular formula is C18H24N3O3S+. The molecule has 6 nitrogen and oxygen atoms in total. The van der Waals surface area contributed by atoms with Gasteiger partial charge in [-0.15, -0.1) is 11.3 Å². The molecule has 7 heteroatoms. The van der Waals surface area contributed by atoms with Gasteiger partial charge < -0.3 is 14.4 Å². The molecule has 0 unspecified atom stereocenters. The van der Waals surface area contributed by atoms with Gasteiger partial charge in [-0.1, -0.05) is 0 Å². The van der Waals surface area contributed by atoms with Gasteiger partial charge in [-0.05, 0) is 38.1 Å². The summed E-state index contributed by atoms with van der Waals surface area (Å²) in [6, 6.07) is 7.72. The Morgan fingerprint density at radius 2 is 2.00 bits per heavy atom. The van der Waals surface area contributed by atoms with Crippen molar-refractivity contribution in [3.8, 4) is 17.0 Å². The number of methoxy groups -OCH3 is 1. The van der Waals surface area contributed by atoms with Crippen molar-refractivity contribution in [1.29, 1.82) is 0 Å². The van der Waals surface area contributed by atoms with E-state index in [1.165, 1.54) is 16.2 Å². The van der Waals surface area contributed by atoms with E-state index in [1.807, 2.05) is 29.6 Å². The Labute approximate surface area is 151 Å². The predicted octanol–water partition coefficient (Wildman–Crippen LogP) is 1.45. The average Bonchev–Trinajstić information content (AvgIpc) is 3.02. The number of ether oxygens (including phenoxy) is 2. The fourth-order valence-corrected chi connectivity index (χ4v) is 3.89. The maximum Gasteiger partial charge on any atom is 0.281 e. The number of hydrogen-bond donors (Lipinski definition) is 2. The molecule has 2 N–H and O–H groups in total. The molecule has 0 aliphatic carbocycles. The van der Waals surface area contributed by atoms with E-state index in [-0.39, 0.29) is 18.1 Å². The van der Waals surface area contributed by atoms with Crippen LogP contribution in [0.2, 0.25) is 0 Å². The fourth-order valence-electron chi connectivity index (χ4n) is 3.15. The Morgan fingerprint density at radius 3 is 2.64 bits per heavy atom. The van der Waals surface area contributed by atoms with Crippen LogP contribution < -0.4 is 15.0 Å². The first-order valence-electron chi connectivity index (χ1n) is 8.42. The van der Waals surface area contributed by atoms with Crippen LogP contribution in [0.4, 0.5) is 5.13 Å². The molecule has 2 heterocycles. The zero-order valence-corrected chi connectivity index (χ0v) is 15.6. The Kier molecular flexibility index (Phi) is 5.67. The highest BCUT2D eigenvalue weighted by atomic mass is 32.1. The van der Waals surface area contributed by atoms with E-state index < -0.39 is 0 Å². The number of thiazole rings is 1. The second-order valence-corrected chi connectivity index (χ2v) is 7.27. The van der Waals surface area contributed by atoms with Crippen LogP contribution in [-0.4, -0.2) is 49.8 Å². The third kappa shape index (κ3) is 4.78. The molecule has 1 aliphatic rings. The van der Waals surface area contributed by atoms with E-state index in [9.17, 15) is 4.79 Å². The van der Waals surface area contributed by atoms with Crippen molar-refractivity contribution in [1.82, 2.24) is 4.98 Å². The molecule has 0 saturated carbocycles. The lowest BCUT2D eigenvalue weighted by Crippen LogP contribution is -3.16. The zero-order valence-electron chi connectivity index (χ0n) is 14.7. The maximum absolute atomic E-state index is 12.3. The van der Waals surface area contributed by atoms with Gasteiger partial charge in [0.15, 0.2) is 11.7 Å². The van der Waals surface area contributed by atoms with E-state index in [0.29, 0.717) is 11.7 Å². The lowest BCUT2D eigenvalue weighted by molar-refractivity contribution is -0.907. The number of nitrogens with zero attached hydrogens (tertiary/aromatic N) is 1. The molecule has 1 fully saturated rings.